The second kappa shape index (κ2) is 4.45. The van der Waals surface area contributed by atoms with Crippen LogP contribution in [0.15, 0.2) is 28.8 Å². The molecular formula is C12H16N2O. The van der Waals surface area contributed by atoms with E-state index in [4.69, 9.17) is 4.52 Å². The SMILES string of the molecule is CCN(CC)Cc1noc2ccccc12. The maximum Gasteiger partial charge on any atom is 0.167 e. The van der Waals surface area contributed by atoms with Gasteiger partial charge < -0.3 is 4.52 Å². The van der Waals surface area contributed by atoms with Crippen molar-refractivity contribution in [2.75, 3.05) is 13.1 Å². The zero-order valence-electron chi connectivity index (χ0n) is 9.23. The lowest BCUT2D eigenvalue weighted by Crippen LogP contribution is -2.22. The summed E-state index contributed by atoms with van der Waals surface area (Å²) in [6, 6.07) is 8.00. The number of rotatable bonds is 4. The van der Waals surface area contributed by atoms with E-state index in [-0.39, 0.29) is 0 Å². The third-order valence-electron chi connectivity index (χ3n) is 2.72. The van der Waals surface area contributed by atoms with Crippen molar-refractivity contribution in [1.29, 1.82) is 0 Å². The van der Waals surface area contributed by atoms with Crippen molar-refractivity contribution in [1.82, 2.24) is 10.1 Å². The number of aromatic nitrogens is 1. The first-order valence-electron chi connectivity index (χ1n) is 5.40. The molecule has 0 saturated carbocycles. The average molecular weight is 204 g/mol. The van der Waals surface area contributed by atoms with Crippen LogP contribution in [-0.2, 0) is 6.54 Å². The number of hydrogen-bond acceptors (Lipinski definition) is 3. The molecule has 80 valence electrons. The molecule has 0 unspecified atom stereocenters. The van der Waals surface area contributed by atoms with Gasteiger partial charge in [-0.1, -0.05) is 31.1 Å². The fourth-order valence-corrected chi connectivity index (χ4v) is 1.71. The number of hydrogen-bond donors (Lipinski definition) is 0. The summed E-state index contributed by atoms with van der Waals surface area (Å²) in [5, 5.41) is 5.24. The van der Waals surface area contributed by atoms with Gasteiger partial charge in [-0.2, -0.15) is 0 Å². The van der Waals surface area contributed by atoms with E-state index < -0.39 is 0 Å². The average Bonchev–Trinajstić information content (AvgIpc) is 2.69. The molecule has 0 radical (unpaired) electrons. The first-order chi connectivity index (χ1) is 7.35. The minimum absolute atomic E-state index is 0.865. The summed E-state index contributed by atoms with van der Waals surface area (Å²) in [6.45, 7) is 7.26. The van der Waals surface area contributed by atoms with Crippen molar-refractivity contribution >= 4 is 11.0 Å². The summed E-state index contributed by atoms with van der Waals surface area (Å²) in [5.74, 6) is 0. The van der Waals surface area contributed by atoms with E-state index in [9.17, 15) is 0 Å². The standard InChI is InChI=1S/C12H16N2O/c1-3-14(4-2)9-11-10-7-5-6-8-12(10)15-13-11/h5-8H,3-4,9H2,1-2H3. The minimum atomic E-state index is 0.865. The number of para-hydroxylation sites is 1. The molecule has 0 spiro atoms. The molecule has 1 heterocycles. The Morgan fingerprint density at radius 1 is 1.20 bits per heavy atom. The summed E-state index contributed by atoms with van der Waals surface area (Å²) in [6.07, 6.45) is 0. The third-order valence-corrected chi connectivity index (χ3v) is 2.72. The number of fused-ring (bicyclic) bond motifs is 1. The maximum absolute atomic E-state index is 5.26. The van der Waals surface area contributed by atoms with Crippen LogP contribution in [0, 0.1) is 0 Å². The number of nitrogens with zero attached hydrogens (tertiary/aromatic N) is 2. The third kappa shape index (κ3) is 2.02. The molecule has 15 heavy (non-hydrogen) atoms. The Hall–Kier alpha value is -1.35. The highest BCUT2D eigenvalue weighted by Crippen LogP contribution is 2.18. The van der Waals surface area contributed by atoms with Crippen LogP contribution >= 0.6 is 0 Å². The van der Waals surface area contributed by atoms with Crippen molar-refractivity contribution < 1.29 is 4.52 Å². The summed E-state index contributed by atoms with van der Waals surface area (Å²) in [4.78, 5) is 2.32. The van der Waals surface area contributed by atoms with E-state index in [0.29, 0.717) is 0 Å². The van der Waals surface area contributed by atoms with E-state index >= 15 is 0 Å². The summed E-state index contributed by atoms with van der Waals surface area (Å²) < 4.78 is 5.26. The van der Waals surface area contributed by atoms with Crippen molar-refractivity contribution in [3.63, 3.8) is 0 Å². The number of benzene rings is 1. The minimum Gasteiger partial charge on any atom is -0.356 e. The molecule has 3 heteroatoms. The van der Waals surface area contributed by atoms with Crippen LogP contribution in [0.4, 0.5) is 0 Å². The van der Waals surface area contributed by atoms with Crippen LogP contribution in [0.5, 0.6) is 0 Å². The quantitative estimate of drug-likeness (QED) is 0.766. The monoisotopic (exact) mass is 204 g/mol. The van der Waals surface area contributed by atoms with Gasteiger partial charge in [-0.25, -0.2) is 0 Å². The second-order valence-electron chi connectivity index (χ2n) is 3.59. The van der Waals surface area contributed by atoms with Crippen molar-refractivity contribution in [2.45, 2.75) is 20.4 Å². The Labute approximate surface area is 89.7 Å². The van der Waals surface area contributed by atoms with Gasteiger partial charge in [0, 0.05) is 11.9 Å². The Kier molecular flexibility index (Phi) is 3.02. The van der Waals surface area contributed by atoms with Gasteiger partial charge in [0.1, 0.15) is 5.69 Å². The predicted octanol–water partition coefficient (Wildman–Crippen LogP) is 2.67. The van der Waals surface area contributed by atoms with Crippen LogP contribution in [-0.4, -0.2) is 23.1 Å². The molecule has 1 aromatic heterocycles. The van der Waals surface area contributed by atoms with Gasteiger partial charge in [0.05, 0.1) is 0 Å². The Morgan fingerprint density at radius 3 is 2.67 bits per heavy atom. The Morgan fingerprint density at radius 2 is 1.93 bits per heavy atom. The molecule has 1 aromatic carbocycles. The zero-order valence-corrected chi connectivity index (χ0v) is 9.23. The van der Waals surface area contributed by atoms with Crippen molar-refractivity contribution in [3.8, 4) is 0 Å². The van der Waals surface area contributed by atoms with Gasteiger partial charge in [0.2, 0.25) is 0 Å². The molecule has 2 rings (SSSR count). The lowest BCUT2D eigenvalue weighted by molar-refractivity contribution is 0.285. The first-order valence-corrected chi connectivity index (χ1v) is 5.40. The fourth-order valence-electron chi connectivity index (χ4n) is 1.71. The molecule has 0 saturated heterocycles. The van der Waals surface area contributed by atoms with Crippen molar-refractivity contribution in [2.24, 2.45) is 0 Å². The molecular weight excluding hydrogens is 188 g/mol. The van der Waals surface area contributed by atoms with Gasteiger partial charge in [-0.15, -0.1) is 0 Å². The Bertz CT molecular complexity index is 432. The fraction of sp³-hybridized carbons (Fsp3) is 0.417. The van der Waals surface area contributed by atoms with E-state index in [0.717, 1.165) is 36.3 Å². The molecule has 0 amide bonds. The van der Waals surface area contributed by atoms with E-state index in [1.165, 1.54) is 0 Å². The molecule has 3 nitrogen and oxygen atoms in total. The molecule has 0 fully saturated rings. The summed E-state index contributed by atoms with van der Waals surface area (Å²) in [5.41, 5.74) is 1.91. The van der Waals surface area contributed by atoms with Crippen LogP contribution in [0.3, 0.4) is 0 Å². The van der Waals surface area contributed by atoms with Gasteiger partial charge in [-0.3, -0.25) is 4.90 Å². The van der Waals surface area contributed by atoms with Gasteiger partial charge in [-0.05, 0) is 25.2 Å². The largest absolute Gasteiger partial charge is 0.356 e. The van der Waals surface area contributed by atoms with E-state index in [1.54, 1.807) is 0 Å². The smallest absolute Gasteiger partial charge is 0.167 e. The van der Waals surface area contributed by atoms with Crippen LogP contribution in [0.25, 0.3) is 11.0 Å². The van der Waals surface area contributed by atoms with Gasteiger partial charge in [0.15, 0.2) is 5.58 Å². The van der Waals surface area contributed by atoms with Crippen LogP contribution in [0.1, 0.15) is 19.5 Å². The topological polar surface area (TPSA) is 29.3 Å². The molecule has 0 aliphatic carbocycles. The first kappa shape index (κ1) is 10.2. The molecule has 0 aliphatic heterocycles. The van der Waals surface area contributed by atoms with Gasteiger partial charge >= 0.3 is 0 Å². The highest BCUT2D eigenvalue weighted by Gasteiger charge is 2.09. The van der Waals surface area contributed by atoms with E-state index in [1.807, 2.05) is 18.2 Å². The zero-order chi connectivity index (χ0) is 10.7. The van der Waals surface area contributed by atoms with Crippen LogP contribution < -0.4 is 0 Å². The highest BCUT2D eigenvalue weighted by molar-refractivity contribution is 5.79. The van der Waals surface area contributed by atoms with Gasteiger partial charge in [0.25, 0.3) is 0 Å². The lowest BCUT2D eigenvalue weighted by Gasteiger charge is -2.15. The molecule has 0 bridgehead atoms. The van der Waals surface area contributed by atoms with Crippen molar-refractivity contribution in [3.05, 3.63) is 30.0 Å². The lowest BCUT2D eigenvalue weighted by atomic mass is 10.2. The second-order valence-corrected chi connectivity index (χ2v) is 3.59. The molecule has 2 aromatic rings. The molecule has 0 atom stereocenters. The normalized spacial score (nSPS) is 11.4. The Balaban J connectivity index is 2.28. The molecule has 0 aliphatic rings. The maximum atomic E-state index is 5.26. The van der Waals surface area contributed by atoms with E-state index in [2.05, 4.69) is 30.0 Å². The molecule has 0 N–H and O–H groups in total. The van der Waals surface area contributed by atoms with Crippen LogP contribution in [0.2, 0.25) is 0 Å². The predicted molar refractivity (Wildman–Crippen MR) is 60.6 cm³/mol. The summed E-state index contributed by atoms with van der Waals surface area (Å²) >= 11 is 0. The summed E-state index contributed by atoms with van der Waals surface area (Å²) in [7, 11) is 0. The highest BCUT2D eigenvalue weighted by atomic mass is 16.5.